The fourth-order valence-electron chi connectivity index (χ4n) is 2.90. The van der Waals surface area contributed by atoms with E-state index < -0.39 is 19.9 Å². The Morgan fingerprint density at radius 3 is 1.55 bits per heavy atom. The van der Waals surface area contributed by atoms with Crippen LogP contribution in [0.5, 0.6) is 0 Å². The van der Waals surface area contributed by atoms with Crippen molar-refractivity contribution in [1.29, 1.82) is 0 Å². The number of carbonyl (C=O) groups excluding carboxylic acids is 2. The Bertz CT molecular complexity index is 363. The number of hydrogen-bond acceptors (Lipinski definition) is 4. The van der Waals surface area contributed by atoms with Crippen molar-refractivity contribution >= 4 is 30.8 Å². The second-order valence-corrected chi connectivity index (χ2v) is 7.00. The largest absolute Gasteiger partial charge is 0.340 e. The van der Waals surface area contributed by atoms with Crippen molar-refractivity contribution < 1.29 is 18.6 Å². The molecule has 0 radical (unpaired) electrons. The summed E-state index contributed by atoms with van der Waals surface area (Å²) < 4.78 is 10.8. The van der Waals surface area contributed by atoms with E-state index in [0.29, 0.717) is 0 Å². The third-order valence-corrected chi connectivity index (χ3v) is 5.25. The van der Waals surface area contributed by atoms with Gasteiger partial charge in [-0.25, -0.2) is 0 Å². The molecule has 3 aliphatic rings. The number of rotatable bonds is 2. The molecule has 0 bridgehead atoms. The summed E-state index contributed by atoms with van der Waals surface area (Å²) in [5.74, 6) is -0.323. The van der Waals surface area contributed by atoms with Gasteiger partial charge in [0.15, 0.2) is 12.2 Å². The predicted molar refractivity (Wildman–Crippen MR) is 74.1 cm³/mol. The number of nitrogens with zero attached hydrogens (tertiary/aromatic N) is 2. The average Bonchev–Trinajstić information content (AvgIpc) is 3.18. The van der Waals surface area contributed by atoms with E-state index in [0.717, 1.165) is 51.9 Å². The summed E-state index contributed by atoms with van der Waals surface area (Å²) in [5, 5.41) is 0. The van der Waals surface area contributed by atoms with Crippen molar-refractivity contribution in [3.8, 4) is 0 Å². The first-order chi connectivity index (χ1) is 9.66. The van der Waals surface area contributed by atoms with Crippen LogP contribution in [0.15, 0.2) is 0 Å². The zero-order chi connectivity index (χ0) is 14.1. The molecule has 3 fully saturated rings. The summed E-state index contributed by atoms with van der Waals surface area (Å²) >= 11 is 5.88. The molecule has 8 heteroatoms. The zero-order valence-corrected chi connectivity index (χ0v) is 12.8. The second-order valence-electron chi connectivity index (χ2n) is 5.33. The van der Waals surface area contributed by atoms with Gasteiger partial charge in [-0.2, -0.15) is 0 Å². The molecule has 0 aliphatic carbocycles. The third-order valence-electron chi connectivity index (χ3n) is 3.99. The smallest absolute Gasteiger partial charge is 0.278 e. The van der Waals surface area contributed by atoms with Crippen LogP contribution in [0.25, 0.3) is 0 Å². The van der Waals surface area contributed by atoms with Crippen LogP contribution in [0.3, 0.4) is 0 Å². The van der Waals surface area contributed by atoms with Crippen molar-refractivity contribution in [1.82, 2.24) is 9.80 Å². The van der Waals surface area contributed by atoms with E-state index in [2.05, 4.69) is 0 Å². The average molecular weight is 321 g/mol. The Kier molecular flexibility index (Phi) is 4.46. The van der Waals surface area contributed by atoms with E-state index in [1.165, 1.54) is 0 Å². The number of amides is 2. The standard InChI is InChI=1S/C12H18ClN2O4P/c13-20-18-9(11(16)14-5-1-2-6-14)10(19-20)12(17)15-7-3-4-8-15/h9-10H,1-8H2/t9-,10-/m1/s1. The molecular formula is C12H18ClN2O4P. The lowest BCUT2D eigenvalue weighted by atomic mass is 10.1. The lowest BCUT2D eigenvalue weighted by molar-refractivity contribution is -0.147. The van der Waals surface area contributed by atoms with Crippen LogP contribution in [0, 0.1) is 0 Å². The molecule has 0 N–H and O–H groups in total. The Balaban J connectivity index is 1.70. The fraction of sp³-hybridized carbons (Fsp3) is 0.833. The van der Waals surface area contributed by atoms with Gasteiger partial charge in [0.2, 0.25) is 0 Å². The van der Waals surface area contributed by atoms with E-state index in [1.54, 1.807) is 9.80 Å². The normalized spacial score (nSPS) is 31.2. The van der Waals surface area contributed by atoms with Crippen LogP contribution in [0.4, 0.5) is 0 Å². The Labute approximate surface area is 124 Å². The van der Waals surface area contributed by atoms with Gasteiger partial charge in [-0.05, 0) is 36.9 Å². The highest BCUT2D eigenvalue weighted by Crippen LogP contribution is 2.53. The van der Waals surface area contributed by atoms with Gasteiger partial charge in [0.05, 0.1) is 0 Å². The second kappa shape index (κ2) is 6.14. The van der Waals surface area contributed by atoms with Gasteiger partial charge in [0.25, 0.3) is 19.5 Å². The van der Waals surface area contributed by atoms with Gasteiger partial charge in [-0.1, -0.05) is 0 Å². The minimum atomic E-state index is -1.66. The number of carbonyl (C=O) groups is 2. The van der Waals surface area contributed by atoms with E-state index in [1.807, 2.05) is 0 Å². The van der Waals surface area contributed by atoms with Crippen molar-refractivity contribution in [3.63, 3.8) is 0 Å². The quantitative estimate of drug-likeness (QED) is 0.723. The maximum absolute atomic E-state index is 12.4. The number of halogens is 1. The number of hydrogen-bond donors (Lipinski definition) is 0. The summed E-state index contributed by atoms with van der Waals surface area (Å²) in [5.41, 5.74) is 0. The molecule has 3 heterocycles. The summed E-state index contributed by atoms with van der Waals surface area (Å²) in [7, 11) is -1.66. The van der Waals surface area contributed by atoms with Gasteiger partial charge < -0.3 is 18.8 Å². The molecule has 2 amide bonds. The van der Waals surface area contributed by atoms with Gasteiger partial charge in [0, 0.05) is 26.2 Å². The maximum Gasteiger partial charge on any atom is 0.278 e. The van der Waals surface area contributed by atoms with Crippen molar-refractivity contribution in [2.24, 2.45) is 0 Å². The topological polar surface area (TPSA) is 59.1 Å². The number of likely N-dealkylation sites (tertiary alicyclic amines) is 2. The van der Waals surface area contributed by atoms with E-state index in [4.69, 9.17) is 20.3 Å². The Morgan fingerprint density at radius 1 is 0.850 bits per heavy atom. The summed E-state index contributed by atoms with van der Waals surface area (Å²) in [6.07, 6.45) is 2.26. The van der Waals surface area contributed by atoms with E-state index in [9.17, 15) is 9.59 Å². The molecule has 3 saturated heterocycles. The van der Waals surface area contributed by atoms with Gasteiger partial charge in [-0.15, -0.1) is 0 Å². The van der Waals surface area contributed by atoms with Gasteiger partial charge in [0.1, 0.15) is 0 Å². The summed E-state index contributed by atoms with van der Waals surface area (Å²) in [6, 6.07) is 0. The Morgan fingerprint density at radius 2 is 1.20 bits per heavy atom. The third kappa shape index (κ3) is 2.80. The minimum absolute atomic E-state index is 0.161. The lowest BCUT2D eigenvalue weighted by Gasteiger charge is -2.24. The summed E-state index contributed by atoms with van der Waals surface area (Å²) in [6.45, 7) is 2.90. The van der Waals surface area contributed by atoms with Crippen molar-refractivity contribution in [2.75, 3.05) is 26.2 Å². The first-order valence-corrected chi connectivity index (χ1v) is 9.12. The van der Waals surface area contributed by atoms with Crippen LogP contribution >= 0.6 is 19.0 Å². The van der Waals surface area contributed by atoms with Crippen LogP contribution in [-0.2, 0) is 18.6 Å². The van der Waals surface area contributed by atoms with E-state index in [-0.39, 0.29) is 11.8 Å². The van der Waals surface area contributed by atoms with Crippen LogP contribution in [-0.4, -0.2) is 60.0 Å². The molecule has 2 atom stereocenters. The molecule has 0 aromatic carbocycles. The molecule has 20 heavy (non-hydrogen) atoms. The fourth-order valence-corrected chi connectivity index (χ4v) is 4.22. The molecule has 3 rings (SSSR count). The van der Waals surface area contributed by atoms with Gasteiger partial charge >= 0.3 is 0 Å². The van der Waals surface area contributed by atoms with E-state index >= 15 is 0 Å². The molecule has 0 aromatic rings. The molecule has 0 aromatic heterocycles. The molecule has 6 nitrogen and oxygen atoms in total. The molecule has 3 aliphatic heterocycles. The van der Waals surface area contributed by atoms with Crippen molar-refractivity contribution in [2.45, 2.75) is 37.9 Å². The Hall–Kier alpha value is -0.420. The van der Waals surface area contributed by atoms with Crippen molar-refractivity contribution in [3.05, 3.63) is 0 Å². The predicted octanol–water partition coefficient (Wildman–Crippen LogP) is 1.48. The zero-order valence-electron chi connectivity index (χ0n) is 11.2. The minimum Gasteiger partial charge on any atom is -0.340 e. The highest BCUT2D eigenvalue weighted by Gasteiger charge is 2.48. The SMILES string of the molecule is O=C([C@@H]1OP(Cl)O[C@H]1C(=O)N1CCCC1)N1CCCC1. The lowest BCUT2D eigenvalue weighted by Crippen LogP contribution is -2.49. The van der Waals surface area contributed by atoms with Crippen LogP contribution in [0.2, 0.25) is 0 Å². The monoisotopic (exact) mass is 320 g/mol. The van der Waals surface area contributed by atoms with Crippen LogP contribution < -0.4 is 0 Å². The first-order valence-electron chi connectivity index (χ1n) is 7.04. The maximum atomic E-state index is 12.4. The molecule has 0 unspecified atom stereocenters. The van der Waals surface area contributed by atoms with Gasteiger partial charge in [-0.3, -0.25) is 9.59 Å². The highest BCUT2D eigenvalue weighted by molar-refractivity contribution is 7.76. The molecule has 0 saturated carbocycles. The molecular weight excluding hydrogens is 303 g/mol. The van der Waals surface area contributed by atoms with Crippen LogP contribution in [0.1, 0.15) is 25.7 Å². The first kappa shape index (κ1) is 14.5. The summed E-state index contributed by atoms with van der Waals surface area (Å²) in [4.78, 5) is 28.3. The molecule has 0 spiro atoms. The highest BCUT2D eigenvalue weighted by atomic mass is 35.7. The molecule has 112 valence electrons.